The quantitative estimate of drug-likeness (QED) is 0.635. The predicted octanol–water partition coefficient (Wildman–Crippen LogP) is 1.64. The van der Waals surface area contributed by atoms with Gasteiger partial charge < -0.3 is 10.1 Å². The molecule has 0 radical (unpaired) electrons. The molecule has 0 saturated heterocycles. The average molecular weight is 277 g/mol. The molecule has 0 saturated carbocycles. The first-order chi connectivity index (χ1) is 9.20. The van der Waals surface area contributed by atoms with Crippen LogP contribution in [0.2, 0.25) is 0 Å². The van der Waals surface area contributed by atoms with Crippen LogP contribution in [0.5, 0.6) is 0 Å². The molecule has 4 heteroatoms. The standard InChI is InChI=1S/C16H24N2O2/c1-11(2)15(17)12-8-6-7-9-13(12)18-10-14(19)20-16(3,4)5/h6-9,11,17-18H,10H2,1-5H3/p+1. The smallest absolute Gasteiger partial charge is 0.325 e. The van der Waals surface area contributed by atoms with E-state index in [1.54, 1.807) is 0 Å². The van der Waals surface area contributed by atoms with Gasteiger partial charge in [0.25, 0.3) is 0 Å². The van der Waals surface area contributed by atoms with Crippen molar-refractivity contribution < 1.29 is 14.9 Å². The van der Waals surface area contributed by atoms with Gasteiger partial charge in [-0.3, -0.25) is 10.2 Å². The van der Waals surface area contributed by atoms with Gasteiger partial charge in [0.2, 0.25) is 0 Å². The maximum atomic E-state index is 11.7. The van der Waals surface area contributed by atoms with Crippen molar-refractivity contribution in [3.63, 3.8) is 0 Å². The van der Waals surface area contributed by atoms with Crippen LogP contribution < -0.4 is 10.7 Å². The Hall–Kier alpha value is -1.84. The Labute approximate surface area is 121 Å². The second-order valence-electron chi connectivity index (χ2n) is 6.10. The van der Waals surface area contributed by atoms with Gasteiger partial charge in [-0.25, -0.2) is 0 Å². The summed E-state index contributed by atoms with van der Waals surface area (Å²) in [5.41, 5.74) is 2.12. The number of anilines is 1. The molecule has 0 aromatic heterocycles. The maximum Gasteiger partial charge on any atom is 0.325 e. The lowest BCUT2D eigenvalue weighted by Gasteiger charge is -2.20. The van der Waals surface area contributed by atoms with Crippen LogP contribution in [0.15, 0.2) is 24.3 Å². The molecule has 3 N–H and O–H groups in total. The van der Waals surface area contributed by atoms with Crippen molar-refractivity contribution in [1.82, 2.24) is 0 Å². The van der Waals surface area contributed by atoms with E-state index in [9.17, 15) is 4.79 Å². The van der Waals surface area contributed by atoms with Gasteiger partial charge in [0, 0.05) is 11.6 Å². The number of nitrogens with one attached hydrogen (secondary N) is 1. The summed E-state index contributed by atoms with van der Waals surface area (Å²) in [7, 11) is 0. The summed E-state index contributed by atoms with van der Waals surface area (Å²) in [5.74, 6) is -0.0325. The number of carbonyl (C=O) groups excluding carboxylic acids is 1. The summed E-state index contributed by atoms with van der Waals surface area (Å²) in [6.07, 6.45) is 0. The Bertz CT molecular complexity index is 487. The van der Waals surface area contributed by atoms with E-state index in [1.165, 1.54) is 0 Å². The van der Waals surface area contributed by atoms with Crippen molar-refractivity contribution in [2.75, 3.05) is 11.9 Å². The van der Waals surface area contributed by atoms with Gasteiger partial charge in [-0.2, -0.15) is 0 Å². The fourth-order valence-corrected chi connectivity index (χ4v) is 1.74. The Morgan fingerprint density at radius 3 is 2.45 bits per heavy atom. The van der Waals surface area contributed by atoms with Crippen molar-refractivity contribution in [3.05, 3.63) is 29.8 Å². The van der Waals surface area contributed by atoms with E-state index in [0.29, 0.717) is 0 Å². The van der Waals surface area contributed by atoms with Crippen LogP contribution in [0.3, 0.4) is 0 Å². The van der Waals surface area contributed by atoms with Gasteiger partial charge >= 0.3 is 5.97 Å². The summed E-state index contributed by atoms with van der Waals surface area (Å²) < 4.78 is 5.27. The average Bonchev–Trinajstić information content (AvgIpc) is 2.33. The number of para-hydroxylation sites is 1. The molecule has 0 fully saturated rings. The van der Waals surface area contributed by atoms with Gasteiger partial charge in [-0.05, 0) is 32.9 Å². The summed E-state index contributed by atoms with van der Waals surface area (Å²) >= 11 is 0. The van der Waals surface area contributed by atoms with Crippen LogP contribution in [-0.4, -0.2) is 23.8 Å². The SMILES string of the molecule is CC(C)C(=[NH2+])c1ccccc1NCC(=O)OC(C)(C)C. The molecule has 110 valence electrons. The number of benzene rings is 1. The number of carbonyl (C=O) groups is 1. The molecule has 0 bridgehead atoms. The number of rotatable bonds is 5. The minimum absolute atomic E-state index is 0.125. The monoisotopic (exact) mass is 277 g/mol. The number of nitrogens with two attached hydrogens (primary N) is 1. The first-order valence-corrected chi connectivity index (χ1v) is 6.88. The molecule has 4 nitrogen and oxygen atoms in total. The summed E-state index contributed by atoms with van der Waals surface area (Å²) in [6.45, 7) is 9.76. The third-order valence-corrected chi connectivity index (χ3v) is 2.70. The molecule has 0 heterocycles. The fourth-order valence-electron chi connectivity index (χ4n) is 1.74. The molecule has 0 amide bonds. The van der Waals surface area contributed by atoms with Crippen molar-refractivity contribution in [2.45, 2.75) is 40.2 Å². The van der Waals surface area contributed by atoms with Crippen LogP contribution in [-0.2, 0) is 9.53 Å². The molecule has 0 aliphatic carbocycles. The molecule has 0 aliphatic rings. The normalized spacial score (nSPS) is 11.3. The second kappa shape index (κ2) is 6.55. The Morgan fingerprint density at radius 1 is 1.30 bits per heavy atom. The minimum Gasteiger partial charge on any atom is -0.459 e. The van der Waals surface area contributed by atoms with Crippen LogP contribution in [0.4, 0.5) is 5.69 Å². The second-order valence-corrected chi connectivity index (χ2v) is 6.10. The third kappa shape index (κ3) is 5.03. The highest BCUT2D eigenvalue weighted by Gasteiger charge is 2.18. The van der Waals surface area contributed by atoms with E-state index >= 15 is 0 Å². The number of hydrogen-bond acceptors (Lipinski definition) is 3. The molecule has 1 aromatic carbocycles. The lowest BCUT2D eigenvalue weighted by molar-refractivity contribution is -0.152. The lowest BCUT2D eigenvalue weighted by Crippen LogP contribution is -2.44. The maximum absolute atomic E-state index is 11.7. The zero-order valence-corrected chi connectivity index (χ0v) is 13.0. The van der Waals surface area contributed by atoms with Gasteiger partial charge in [-0.15, -0.1) is 0 Å². The van der Waals surface area contributed by atoms with Gasteiger partial charge in [0.05, 0.1) is 5.56 Å². The first kappa shape index (κ1) is 16.2. The van der Waals surface area contributed by atoms with E-state index in [0.717, 1.165) is 17.0 Å². The van der Waals surface area contributed by atoms with Crippen molar-refractivity contribution in [1.29, 1.82) is 0 Å². The molecule has 0 spiro atoms. The highest BCUT2D eigenvalue weighted by Crippen LogP contribution is 2.17. The number of ether oxygens (including phenoxy) is 1. The topological polar surface area (TPSA) is 63.9 Å². The zero-order chi connectivity index (χ0) is 15.3. The molecule has 0 atom stereocenters. The largest absolute Gasteiger partial charge is 0.459 e. The minimum atomic E-state index is -0.471. The first-order valence-electron chi connectivity index (χ1n) is 6.88. The van der Waals surface area contributed by atoms with Crippen molar-refractivity contribution >= 4 is 17.4 Å². The molecular formula is C16H25N2O2+. The van der Waals surface area contributed by atoms with Crippen LogP contribution in [0.1, 0.15) is 40.2 Å². The molecule has 0 unspecified atom stereocenters. The van der Waals surface area contributed by atoms with Gasteiger partial charge in [0.1, 0.15) is 12.1 Å². The number of hydrogen-bond donors (Lipinski definition) is 2. The van der Waals surface area contributed by atoms with Gasteiger partial charge in [-0.1, -0.05) is 26.0 Å². The Balaban J connectivity index is 2.74. The third-order valence-electron chi connectivity index (χ3n) is 2.70. The lowest BCUT2D eigenvalue weighted by atomic mass is 9.98. The highest BCUT2D eigenvalue weighted by molar-refractivity contribution is 6.02. The molecule has 20 heavy (non-hydrogen) atoms. The van der Waals surface area contributed by atoms with Crippen molar-refractivity contribution in [3.8, 4) is 0 Å². The molecule has 1 aromatic rings. The molecule has 0 aliphatic heterocycles. The zero-order valence-electron chi connectivity index (χ0n) is 13.0. The van der Waals surface area contributed by atoms with E-state index in [2.05, 4.69) is 5.32 Å². The van der Waals surface area contributed by atoms with Gasteiger partial charge in [0.15, 0.2) is 5.71 Å². The van der Waals surface area contributed by atoms with E-state index in [1.807, 2.05) is 58.9 Å². The Morgan fingerprint density at radius 2 is 1.90 bits per heavy atom. The number of esters is 1. The molecular weight excluding hydrogens is 252 g/mol. The summed E-state index contributed by atoms with van der Waals surface area (Å²) in [5, 5.41) is 9.20. The summed E-state index contributed by atoms with van der Waals surface area (Å²) in [6, 6.07) is 7.71. The van der Waals surface area contributed by atoms with Crippen molar-refractivity contribution in [2.24, 2.45) is 5.92 Å². The molecule has 1 rings (SSSR count). The highest BCUT2D eigenvalue weighted by atomic mass is 16.6. The van der Waals surface area contributed by atoms with Crippen LogP contribution in [0, 0.1) is 5.92 Å². The predicted molar refractivity (Wildman–Crippen MR) is 81.6 cm³/mol. The van der Waals surface area contributed by atoms with E-state index in [-0.39, 0.29) is 18.4 Å². The van der Waals surface area contributed by atoms with E-state index < -0.39 is 5.60 Å². The summed E-state index contributed by atoms with van der Waals surface area (Å²) in [4.78, 5) is 11.7. The van der Waals surface area contributed by atoms with Crippen LogP contribution >= 0.6 is 0 Å². The fraction of sp³-hybridized carbons (Fsp3) is 0.500. The van der Waals surface area contributed by atoms with E-state index in [4.69, 9.17) is 10.1 Å². The van der Waals surface area contributed by atoms with Crippen LogP contribution in [0.25, 0.3) is 0 Å². The Kier molecular flexibility index (Phi) is 5.31.